The molecular formula is C12H26N2O. The standard InChI is InChI=1S/C12H26N2O/c1-10(2)7-11(13-3)8-14-6-4-5-12(14)9-15/h10-13,15H,4-9H2,1-3H3/t11-,12-/m0/s1. The second-order valence-electron chi connectivity index (χ2n) is 5.09. The lowest BCUT2D eigenvalue weighted by Crippen LogP contribution is -2.43. The minimum atomic E-state index is 0.318. The first kappa shape index (κ1) is 12.9. The first-order valence-corrected chi connectivity index (χ1v) is 6.19. The van der Waals surface area contributed by atoms with Crippen LogP contribution in [0.1, 0.15) is 33.1 Å². The Labute approximate surface area is 93.9 Å². The molecule has 0 spiro atoms. The van der Waals surface area contributed by atoms with Crippen LogP contribution in [0, 0.1) is 5.92 Å². The zero-order valence-electron chi connectivity index (χ0n) is 10.4. The normalized spacial score (nSPS) is 25.0. The number of aliphatic hydroxyl groups is 1. The van der Waals surface area contributed by atoms with Gasteiger partial charge >= 0.3 is 0 Å². The third kappa shape index (κ3) is 4.09. The molecule has 3 nitrogen and oxygen atoms in total. The maximum Gasteiger partial charge on any atom is 0.0586 e. The van der Waals surface area contributed by atoms with Gasteiger partial charge in [0.15, 0.2) is 0 Å². The van der Waals surface area contributed by atoms with Gasteiger partial charge in [-0.3, -0.25) is 4.90 Å². The van der Waals surface area contributed by atoms with E-state index in [2.05, 4.69) is 24.1 Å². The van der Waals surface area contributed by atoms with E-state index in [4.69, 9.17) is 0 Å². The minimum absolute atomic E-state index is 0.318. The molecule has 0 amide bonds. The van der Waals surface area contributed by atoms with Gasteiger partial charge in [0.25, 0.3) is 0 Å². The molecular weight excluding hydrogens is 188 g/mol. The van der Waals surface area contributed by atoms with Gasteiger partial charge in [-0.1, -0.05) is 13.8 Å². The fourth-order valence-corrected chi connectivity index (χ4v) is 2.48. The predicted molar refractivity (Wildman–Crippen MR) is 64.0 cm³/mol. The fraction of sp³-hybridized carbons (Fsp3) is 1.00. The van der Waals surface area contributed by atoms with E-state index in [0.717, 1.165) is 25.4 Å². The first-order chi connectivity index (χ1) is 7.17. The quantitative estimate of drug-likeness (QED) is 0.694. The maximum atomic E-state index is 9.24. The molecule has 0 saturated carbocycles. The lowest BCUT2D eigenvalue weighted by Gasteiger charge is -2.28. The van der Waals surface area contributed by atoms with Crippen LogP contribution in [0.3, 0.4) is 0 Å². The van der Waals surface area contributed by atoms with Crippen LogP contribution < -0.4 is 5.32 Å². The topological polar surface area (TPSA) is 35.5 Å². The zero-order valence-corrected chi connectivity index (χ0v) is 10.4. The largest absolute Gasteiger partial charge is 0.395 e. The molecule has 2 atom stereocenters. The van der Waals surface area contributed by atoms with E-state index in [1.54, 1.807) is 0 Å². The highest BCUT2D eigenvalue weighted by atomic mass is 16.3. The van der Waals surface area contributed by atoms with Gasteiger partial charge in [0.2, 0.25) is 0 Å². The zero-order chi connectivity index (χ0) is 11.3. The van der Waals surface area contributed by atoms with Gasteiger partial charge in [-0.05, 0) is 38.8 Å². The summed E-state index contributed by atoms with van der Waals surface area (Å²) < 4.78 is 0. The predicted octanol–water partition coefficient (Wildman–Crippen LogP) is 1.08. The first-order valence-electron chi connectivity index (χ1n) is 6.19. The Hall–Kier alpha value is -0.120. The van der Waals surface area contributed by atoms with Gasteiger partial charge in [-0.2, -0.15) is 0 Å². The van der Waals surface area contributed by atoms with Gasteiger partial charge in [-0.25, -0.2) is 0 Å². The highest BCUT2D eigenvalue weighted by Gasteiger charge is 2.25. The summed E-state index contributed by atoms with van der Waals surface area (Å²) >= 11 is 0. The fourth-order valence-electron chi connectivity index (χ4n) is 2.48. The summed E-state index contributed by atoms with van der Waals surface area (Å²) in [5, 5.41) is 12.6. The van der Waals surface area contributed by atoms with E-state index in [-0.39, 0.29) is 0 Å². The third-order valence-corrected chi connectivity index (χ3v) is 3.33. The Balaban J connectivity index is 2.36. The van der Waals surface area contributed by atoms with Crippen molar-refractivity contribution in [1.29, 1.82) is 0 Å². The molecule has 0 aromatic rings. The van der Waals surface area contributed by atoms with Crippen LogP contribution >= 0.6 is 0 Å². The Morgan fingerprint density at radius 3 is 2.73 bits per heavy atom. The number of aliphatic hydroxyl groups excluding tert-OH is 1. The lowest BCUT2D eigenvalue weighted by molar-refractivity contribution is 0.145. The van der Waals surface area contributed by atoms with Crippen molar-refractivity contribution < 1.29 is 5.11 Å². The van der Waals surface area contributed by atoms with Crippen LogP contribution in [-0.4, -0.2) is 48.8 Å². The molecule has 0 aromatic heterocycles. The molecule has 0 bridgehead atoms. The molecule has 1 aliphatic rings. The van der Waals surface area contributed by atoms with Gasteiger partial charge in [0.1, 0.15) is 0 Å². The summed E-state index contributed by atoms with van der Waals surface area (Å²) in [6, 6.07) is 0.977. The highest BCUT2D eigenvalue weighted by molar-refractivity contribution is 4.82. The van der Waals surface area contributed by atoms with E-state index in [0.29, 0.717) is 18.7 Å². The molecule has 1 heterocycles. The Morgan fingerprint density at radius 2 is 2.20 bits per heavy atom. The lowest BCUT2D eigenvalue weighted by atomic mass is 10.0. The Bertz CT molecular complexity index is 173. The number of nitrogens with zero attached hydrogens (tertiary/aromatic N) is 1. The molecule has 1 fully saturated rings. The number of hydrogen-bond acceptors (Lipinski definition) is 3. The molecule has 0 aromatic carbocycles. The number of hydrogen-bond donors (Lipinski definition) is 2. The summed E-state index contributed by atoms with van der Waals surface area (Å²) in [4.78, 5) is 2.43. The Morgan fingerprint density at radius 1 is 1.47 bits per heavy atom. The summed E-state index contributed by atoms with van der Waals surface area (Å²) in [6.07, 6.45) is 3.61. The van der Waals surface area contributed by atoms with Gasteiger partial charge in [0, 0.05) is 18.6 Å². The van der Waals surface area contributed by atoms with Crippen molar-refractivity contribution in [3.05, 3.63) is 0 Å². The molecule has 1 rings (SSSR count). The average Bonchev–Trinajstić information content (AvgIpc) is 2.63. The molecule has 1 saturated heterocycles. The summed E-state index contributed by atoms with van der Waals surface area (Å²) in [5.74, 6) is 0.734. The summed E-state index contributed by atoms with van der Waals surface area (Å²) in [7, 11) is 2.04. The van der Waals surface area contributed by atoms with Crippen LogP contribution in [0.2, 0.25) is 0 Å². The molecule has 15 heavy (non-hydrogen) atoms. The number of likely N-dealkylation sites (tertiary alicyclic amines) is 1. The van der Waals surface area contributed by atoms with Crippen LogP contribution in [0.25, 0.3) is 0 Å². The van der Waals surface area contributed by atoms with Crippen molar-refractivity contribution in [3.8, 4) is 0 Å². The Kier molecular flexibility index (Phi) is 5.58. The molecule has 0 radical (unpaired) electrons. The number of likely N-dealkylation sites (N-methyl/N-ethyl adjacent to an activating group) is 1. The van der Waals surface area contributed by atoms with Crippen molar-refractivity contribution in [2.24, 2.45) is 5.92 Å². The van der Waals surface area contributed by atoms with E-state index in [1.165, 1.54) is 12.8 Å². The van der Waals surface area contributed by atoms with Crippen molar-refractivity contribution in [2.75, 3.05) is 26.7 Å². The van der Waals surface area contributed by atoms with E-state index < -0.39 is 0 Å². The smallest absolute Gasteiger partial charge is 0.0586 e. The summed E-state index contributed by atoms with van der Waals surface area (Å²) in [5.41, 5.74) is 0. The molecule has 90 valence electrons. The molecule has 1 aliphatic heterocycles. The SMILES string of the molecule is CN[C@@H](CC(C)C)CN1CCC[C@H]1CO. The van der Waals surface area contributed by atoms with E-state index in [9.17, 15) is 5.11 Å². The third-order valence-electron chi connectivity index (χ3n) is 3.33. The van der Waals surface area contributed by atoms with Crippen molar-refractivity contribution in [1.82, 2.24) is 10.2 Å². The van der Waals surface area contributed by atoms with E-state index >= 15 is 0 Å². The second-order valence-corrected chi connectivity index (χ2v) is 5.09. The van der Waals surface area contributed by atoms with Crippen molar-refractivity contribution in [3.63, 3.8) is 0 Å². The van der Waals surface area contributed by atoms with Crippen LogP contribution in [0.5, 0.6) is 0 Å². The van der Waals surface area contributed by atoms with Crippen molar-refractivity contribution >= 4 is 0 Å². The molecule has 2 N–H and O–H groups in total. The monoisotopic (exact) mass is 214 g/mol. The van der Waals surface area contributed by atoms with Gasteiger partial charge in [0.05, 0.1) is 6.61 Å². The van der Waals surface area contributed by atoms with Gasteiger partial charge < -0.3 is 10.4 Å². The van der Waals surface area contributed by atoms with E-state index in [1.807, 2.05) is 7.05 Å². The van der Waals surface area contributed by atoms with Gasteiger partial charge in [-0.15, -0.1) is 0 Å². The van der Waals surface area contributed by atoms with Crippen LogP contribution in [0.15, 0.2) is 0 Å². The average molecular weight is 214 g/mol. The highest BCUT2D eigenvalue weighted by Crippen LogP contribution is 2.18. The number of rotatable bonds is 6. The number of nitrogens with one attached hydrogen (secondary N) is 1. The molecule has 0 aliphatic carbocycles. The summed E-state index contributed by atoms with van der Waals surface area (Å²) in [6.45, 7) is 7.08. The maximum absolute atomic E-state index is 9.24. The molecule has 3 heteroatoms. The minimum Gasteiger partial charge on any atom is -0.395 e. The molecule has 0 unspecified atom stereocenters. The van der Waals surface area contributed by atoms with Crippen LogP contribution in [0.4, 0.5) is 0 Å². The van der Waals surface area contributed by atoms with Crippen molar-refractivity contribution in [2.45, 2.75) is 45.2 Å². The van der Waals surface area contributed by atoms with Crippen LogP contribution in [-0.2, 0) is 0 Å². The second kappa shape index (κ2) is 6.46.